The van der Waals surface area contributed by atoms with Gasteiger partial charge in [0.15, 0.2) is 0 Å². The molecule has 0 spiro atoms. The molecule has 378 valence electrons. The third kappa shape index (κ3) is 28.3. The molecule has 3 aliphatic rings. The fraction of sp³-hybridized carbons (Fsp3) is 0.929. The summed E-state index contributed by atoms with van der Waals surface area (Å²) in [5.74, 6) is 2.92. The van der Waals surface area contributed by atoms with E-state index < -0.39 is 16.5 Å². The number of hydrogen-bond donors (Lipinski definition) is 0. The number of hydrogen-bond acceptors (Lipinski definition) is 9. The zero-order valence-electron chi connectivity index (χ0n) is 41.8. The summed E-state index contributed by atoms with van der Waals surface area (Å²) in [6.07, 6.45) is 0. The average molecular weight is 1470 g/mol. The van der Waals surface area contributed by atoms with Crippen LogP contribution in [-0.4, -0.2) is 162 Å². The first-order valence-electron chi connectivity index (χ1n) is 20.6. The minimum atomic E-state index is -2.25. The third-order valence-electron chi connectivity index (χ3n) is 7.33. The summed E-state index contributed by atoms with van der Waals surface area (Å²) in [6.45, 7) is 43.0. The molecule has 3 rings (SSSR count). The van der Waals surface area contributed by atoms with E-state index in [0.29, 0.717) is 0 Å². The van der Waals surface area contributed by atoms with Crippen molar-refractivity contribution in [1.29, 1.82) is 0 Å². The van der Waals surface area contributed by atoms with E-state index in [0.717, 1.165) is 57.1 Å². The second kappa shape index (κ2) is 25.7. The van der Waals surface area contributed by atoms with Crippen LogP contribution in [-0.2, 0) is 83.6 Å². The molecule has 0 aliphatic carbocycles. The van der Waals surface area contributed by atoms with Gasteiger partial charge in [-0.1, -0.05) is 22.3 Å². The molecule has 15 nitrogen and oxygen atoms in total. The number of likely N-dealkylation sites (N-methyl/N-ethyl adjacent to an activating group) is 6. The molecule has 21 heteroatoms. The Morgan fingerprint density at radius 3 is 0.524 bits per heavy atom. The average Bonchev–Trinajstić information content (AvgIpc) is 3.54. The van der Waals surface area contributed by atoms with E-state index in [-0.39, 0.29) is 55.9 Å². The molecule has 0 aromatic carbocycles. The second-order valence-electron chi connectivity index (χ2n) is 21.4. The van der Waals surface area contributed by atoms with Crippen LogP contribution in [0.1, 0.15) is 147 Å². The first-order chi connectivity index (χ1) is 26.4. The van der Waals surface area contributed by atoms with Crippen molar-refractivity contribution in [3.05, 3.63) is 0 Å². The maximum atomic E-state index is 6.25. The van der Waals surface area contributed by atoms with Crippen LogP contribution in [0.25, 0.3) is 0 Å². The molecule has 0 aromatic rings. The molecule has 0 aromatic heterocycles. The molecule has 3 fully saturated rings. The first kappa shape index (κ1) is 68.2. The molecule has 3 saturated heterocycles. The standard InChI is InChI=1S/3C13H28N3O2P.3CH4.3W/c3*1-12(2,3)17-19(18-13(4,5)6)14-11-15(7)9-10-16(11)8;;;;;;/h3*9-10H2,1-8H3;3*1H4;;;. The van der Waals surface area contributed by atoms with Crippen molar-refractivity contribution in [2.24, 2.45) is 14.3 Å². The van der Waals surface area contributed by atoms with Gasteiger partial charge in [0, 0.05) is 0 Å². The van der Waals surface area contributed by atoms with Gasteiger partial charge in [-0.15, -0.1) is 0 Å². The molecule has 63 heavy (non-hydrogen) atoms. The Bertz CT molecular complexity index is 1370. The van der Waals surface area contributed by atoms with Gasteiger partial charge in [-0.3, -0.25) is 0 Å². The van der Waals surface area contributed by atoms with Gasteiger partial charge in [0.05, 0.1) is 0 Å². The van der Waals surface area contributed by atoms with Crippen LogP contribution in [0.2, 0.25) is 0 Å². The molecular formula is C42H96N9O6P3W3. The molecule has 0 N–H and O–H groups in total. The Balaban J connectivity index is -0.000000837. The van der Waals surface area contributed by atoms with E-state index in [9.17, 15) is 0 Å². The fourth-order valence-electron chi connectivity index (χ4n) is 5.42. The van der Waals surface area contributed by atoms with Gasteiger partial charge in [-0.2, -0.15) is 0 Å². The number of guanidine groups is 3. The predicted octanol–water partition coefficient (Wildman–Crippen LogP) is 11.1. The normalized spacial score (nSPS) is 17.0. The van der Waals surface area contributed by atoms with Gasteiger partial charge in [0.25, 0.3) is 0 Å². The molecule has 0 amide bonds. The van der Waals surface area contributed by atoms with E-state index in [4.69, 9.17) is 41.4 Å². The van der Waals surface area contributed by atoms with Crippen LogP contribution in [0.5, 0.6) is 0 Å². The van der Waals surface area contributed by atoms with Crippen LogP contribution in [0.15, 0.2) is 14.3 Å². The summed E-state index contributed by atoms with van der Waals surface area (Å²) >= 11 is 3.79. The van der Waals surface area contributed by atoms with Gasteiger partial charge in [-0.25, -0.2) is 0 Å². The Labute approximate surface area is 420 Å². The Hall–Kier alpha value is 0.925. The van der Waals surface area contributed by atoms with Crippen molar-refractivity contribution in [3.63, 3.8) is 0 Å². The Kier molecular flexibility index (Phi) is 27.8. The summed E-state index contributed by atoms with van der Waals surface area (Å²) in [5, 5.41) is 0. The summed E-state index contributed by atoms with van der Waals surface area (Å²) in [4.78, 5) is 13.0. The summed E-state index contributed by atoms with van der Waals surface area (Å²) in [5.41, 5.74) is -8.32. The quantitative estimate of drug-likeness (QED) is 0.205. The van der Waals surface area contributed by atoms with Gasteiger partial charge in [0.2, 0.25) is 0 Å². The minimum absolute atomic E-state index is 0. The van der Waals surface area contributed by atoms with Crippen molar-refractivity contribution in [2.75, 3.05) is 81.6 Å². The van der Waals surface area contributed by atoms with Crippen molar-refractivity contribution in [1.82, 2.24) is 29.4 Å². The van der Waals surface area contributed by atoms with E-state index in [2.05, 4.69) is 196 Å². The van der Waals surface area contributed by atoms with Gasteiger partial charge < -0.3 is 0 Å². The van der Waals surface area contributed by atoms with Gasteiger partial charge in [0.1, 0.15) is 0 Å². The predicted molar refractivity (Wildman–Crippen MR) is 264 cm³/mol. The van der Waals surface area contributed by atoms with Crippen LogP contribution in [0.4, 0.5) is 0 Å². The van der Waals surface area contributed by atoms with E-state index in [1.807, 2.05) is 0 Å². The summed E-state index contributed by atoms with van der Waals surface area (Å²) in [7, 11) is 12.4. The molecule has 0 atom stereocenters. The summed E-state index contributed by atoms with van der Waals surface area (Å²) in [6, 6.07) is 0. The van der Waals surface area contributed by atoms with E-state index in [1.54, 1.807) is 0 Å². The van der Waals surface area contributed by atoms with E-state index in [1.165, 1.54) is 56.4 Å². The molecular weight excluding hydrogens is 1370 g/mol. The van der Waals surface area contributed by atoms with E-state index >= 15 is 0 Å². The second-order valence-corrected chi connectivity index (χ2v) is 40.8. The van der Waals surface area contributed by atoms with Crippen molar-refractivity contribution >= 4 is 34.4 Å². The summed E-state index contributed by atoms with van der Waals surface area (Å²) < 4.78 is 52.2. The molecule has 0 bridgehead atoms. The van der Waals surface area contributed by atoms with Gasteiger partial charge in [-0.05, 0) is 0 Å². The molecule has 3 aliphatic heterocycles. The van der Waals surface area contributed by atoms with Gasteiger partial charge >= 0.3 is 401 Å². The van der Waals surface area contributed by atoms with Crippen molar-refractivity contribution in [3.8, 4) is 0 Å². The first-order valence-corrected chi connectivity index (χ1v) is 36.9. The van der Waals surface area contributed by atoms with Crippen molar-refractivity contribution in [2.45, 2.75) is 181 Å². The fourth-order valence-corrected chi connectivity index (χ4v) is 28.3. The van der Waals surface area contributed by atoms with Crippen LogP contribution >= 0.6 is 16.5 Å². The molecule has 0 unspecified atom stereocenters. The topological polar surface area (TPSA) is 112 Å². The number of nitrogens with zero attached hydrogens (tertiary/aromatic N) is 9. The third-order valence-corrected chi connectivity index (χ3v) is 20.7. The Morgan fingerprint density at radius 1 is 0.317 bits per heavy atom. The van der Waals surface area contributed by atoms with Crippen molar-refractivity contribution < 1.29 is 83.6 Å². The number of rotatable bonds is 9. The van der Waals surface area contributed by atoms with Crippen LogP contribution in [0.3, 0.4) is 0 Å². The zero-order valence-corrected chi connectivity index (χ0v) is 53.3. The van der Waals surface area contributed by atoms with Crippen LogP contribution in [0, 0.1) is 0 Å². The monoisotopic (exact) mass is 1470 g/mol. The SMILES string of the molecule is C.C.C.CN1CCN(C)C1=N[P](=[W])(OC(C)(C)C)OC(C)(C)C.CN1CCN(C)C1=N[P](=[W])(OC(C)(C)C)OC(C)(C)C.CN1CCN(C)C1=N[P](=[W])(OC(C)(C)C)OC(C)(C)C. The molecule has 0 radical (unpaired) electrons. The maximum absolute atomic E-state index is 6.25. The Morgan fingerprint density at radius 2 is 0.429 bits per heavy atom. The molecule has 3 heterocycles. The molecule has 0 saturated carbocycles. The van der Waals surface area contributed by atoms with Crippen LogP contribution < -0.4 is 0 Å². The zero-order chi connectivity index (χ0) is 47.3.